The molecule has 2 aromatic rings. The summed E-state index contributed by atoms with van der Waals surface area (Å²) in [6, 6.07) is 0. The molecule has 0 aliphatic carbocycles. The molecule has 0 saturated heterocycles. The summed E-state index contributed by atoms with van der Waals surface area (Å²) in [4.78, 5) is 16.5. The van der Waals surface area contributed by atoms with Crippen molar-refractivity contribution < 1.29 is 9.53 Å². The summed E-state index contributed by atoms with van der Waals surface area (Å²) >= 11 is 6.17. The molecule has 21 heavy (non-hydrogen) atoms. The van der Waals surface area contributed by atoms with Gasteiger partial charge < -0.3 is 4.74 Å². The maximum atomic E-state index is 12.1. The SMILES string of the molecule is CCOC(=O)c1c(C)nc2c3c(c(Cl)nn12)N=NC3(C)C. The molecule has 0 atom stereocenters. The summed E-state index contributed by atoms with van der Waals surface area (Å²) in [6.45, 7) is 7.58. The zero-order valence-electron chi connectivity index (χ0n) is 12.1. The molecule has 2 aromatic heterocycles. The fourth-order valence-electron chi connectivity index (χ4n) is 2.43. The first kappa shape index (κ1) is 13.9. The number of esters is 1. The summed E-state index contributed by atoms with van der Waals surface area (Å²) in [5, 5.41) is 12.7. The van der Waals surface area contributed by atoms with Crippen LogP contribution in [-0.2, 0) is 10.3 Å². The molecule has 1 aliphatic heterocycles. The van der Waals surface area contributed by atoms with Crippen molar-refractivity contribution in [2.45, 2.75) is 33.2 Å². The van der Waals surface area contributed by atoms with Crippen molar-refractivity contribution in [3.05, 3.63) is 22.1 Å². The van der Waals surface area contributed by atoms with Gasteiger partial charge in [-0.05, 0) is 27.7 Å². The molecule has 1 aliphatic rings. The number of carbonyl (C=O) groups is 1. The van der Waals surface area contributed by atoms with Gasteiger partial charge in [-0.2, -0.15) is 15.3 Å². The van der Waals surface area contributed by atoms with Crippen molar-refractivity contribution in [2.75, 3.05) is 6.61 Å². The van der Waals surface area contributed by atoms with E-state index < -0.39 is 11.5 Å². The number of hydrogen-bond donors (Lipinski definition) is 0. The maximum Gasteiger partial charge on any atom is 0.358 e. The Kier molecular flexibility index (Phi) is 2.98. The lowest BCUT2D eigenvalue weighted by Gasteiger charge is -2.14. The van der Waals surface area contributed by atoms with Crippen LogP contribution < -0.4 is 0 Å². The molecule has 3 heterocycles. The first-order valence-electron chi connectivity index (χ1n) is 6.56. The lowest BCUT2D eigenvalue weighted by atomic mass is 9.97. The number of ether oxygens (including phenoxy) is 1. The van der Waals surface area contributed by atoms with E-state index in [1.54, 1.807) is 13.8 Å². The summed E-state index contributed by atoms with van der Waals surface area (Å²) in [5.41, 5.74) is 2.06. The third-order valence-electron chi connectivity index (χ3n) is 3.35. The summed E-state index contributed by atoms with van der Waals surface area (Å²) in [5.74, 6) is -0.476. The van der Waals surface area contributed by atoms with Gasteiger partial charge in [0, 0.05) is 0 Å². The third kappa shape index (κ3) is 1.91. The second-order valence-corrected chi connectivity index (χ2v) is 5.63. The van der Waals surface area contributed by atoms with E-state index in [1.807, 2.05) is 13.8 Å². The van der Waals surface area contributed by atoms with Crippen LogP contribution in [0, 0.1) is 6.92 Å². The van der Waals surface area contributed by atoms with Gasteiger partial charge in [0.1, 0.15) is 11.2 Å². The van der Waals surface area contributed by atoms with E-state index in [9.17, 15) is 4.79 Å². The highest BCUT2D eigenvalue weighted by molar-refractivity contribution is 6.32. The van der Waals surface area contributed by atoms with Crippen LogP contribution >= 0.6 is 11.6 Å². The van der Waals surface area contributed by atoms with E-state index in [4.69, 9.17) is 16.3 Å². The van der Waals surface area contributed by atoms with Crippen LogP contribution in [0.4, 0.5) is 5.69 Å². The van der Waals surface area contributed by atoms with Crippen LogP contribution in [0.5, 0.6) is 0 Å². The van der Waals surface area contributed by atoms with E-state index >= 15 is 0 Å². The van der Waals surface area contributed by atoms with Gasteiger partial charge in [-0.3, -0.25) is 0 Å². The number of rotatable bonds is 2. The Labute approximate surface area is 126 Å². The first-order chi connectivity index (χ1) is 9.86. The lowest BCUT2D eigenvalue weighted by Crippen LogP contribution is -2.15. The number of imidazole rings is 1. The minimum atomic E-state index is -0.563. The molecule has 0 saturated carbocycles. The first-order valence-corrected chi connectivity index (χ1v) is 6.94. The Hall–Kier alpha value is -2.02. The highest BCUT2D eigenvalue weighted by Gasteiger charge is 2.36. The number of azo groups is 1. The van der Waals surface area contributed by atoms with Gasteiger partial charge in [-0.15, -0.1) is 0 Å². The molecule has 0 N–H and O–H groups in total. The molecule has 0 aromatic carbocycles. The number of aromatic nitrogens is 3. The van der Waals surface area contributed by atoms with Gasteiger partial charge in [0.15, 0.2) is 16.5 Å². The van der Waals surface area contributed by atoms with Crippen molar-refractivity contribution >= 4 is 28.9 Å². The Bertz CT molecular complexity index is 794. The van der Waals surface area contributed by atoms with E-state index in [2.05, 4.69) is 20.3 Å². The molecule has 8 heteroatoms. The van der Waals surface area contributed by atoms with Crippen LogP contribution in [0.1, 0.15) is 42.5 Å². The molecule has 0 radical (unpaired) electrons. The highest BCUT2D eigenvalue weighted by Crippen LogP contribution is 2.45. The van der Waals surface area contributed by atoms with Crippen molar-refractivity contribution in [1.82, 2.24) is 14.6 Å². The quantitative estimate of drug-likeness (QED) is 0.798. The largest absolute Gasteiger partial charge is 0.461 e. The summed E-state index contributed by atoms with van der Waals surface area (Å²) in [6.07, 6.45) is 0. The van der Waals surface area contributed by atoms with E-state index in [0.717, 1.165) is 5.56 Å². The van der Waals surface area contributed by atoms with E-state index in [0.29, 0.717) is 17.0 Å². The minimum absolute atomic E-state index is 0.190. The molecule has 0 amide bonds. The second-order valence-electron chi connectivity index (χ2n) is 5.28. The van der Waals surface area contributed by atoms with Crippen molar-refractivity contribution in [3.8, 4) is 0 Å². The predicted octanol–water partition coefficient (Wildman–Crippen LogP) is 3.20. The lowest BCUT2D eigenvalue weighted by molar-refractivity contribution is 0.0516. The number of aryl methyl sites for hydroxylation is 1. The molecule has 0 unspecified atom stereocenters. The second kappa shape index (κ2) is 4.49. The van der Waals surface area contributed by atoms with Gasteiger partial charge >= 0.3 is 5.97 Å². The predicted molar refractivity (Wildman–Crippen MR) is 76.2 cm³/mol. The maximum absolute atomic E-state index is 12.1. The van der Waals surface area contributed by atoms with Gasteiger partial charge in [0.2, 0.25) is 0 Å². The van der Waals surface area contributed by atoms with Crippen LogP contribution in [0.2, 0.25) is 5.15 Å². The van der Waals surface area contributed by atoms with Gasteiger partial charge in [-0.25, -0.2) is 14.3 Å². The normalized spacial score (nSPS) is 15.5. The molecule has 0 fully saturated rings. The Morgan fingerprint density at radius 3 is 2.81 bits per heavy atom. The van der Waals surface area contributed by atoms with E-state index in [-0.39, 0.29) is 17.5 Å². The molecule has 3 rings (SSSR count). The topological polar surface area (TPSA) is 81.2 Å². The zero-order valence-corrected chi connectivity index (χ0v) is 12.9. The third-order valence-corrected chi connectivity index (χ3v) is 3.61. The van der Waals surface area contributed by atoms with Gasteiger partial charge in [0.05, 0.1) is 17.9 Å². The number of carbonyl (C=O) groups excluding carboxylic acids is 1. The van der Waals surface area contributed by atoms with Crippen molar-refractivity contribution in [2.24, 2.45) is 10.2 Å². The van der Waals surface area contributed by atoms with Crippen LogP contribution in [0.3, 0.4) is 0 Å². The fraction of sp³-hybridized carbons (Fsp3) is 0.462. The Balaban J connectivity index is 2.35. The molecule has 0 spiro atoms. The average molecular weight is 308 g/mol. The summed E-state index contributed by atoms with van der Waals surface area (Å²) in [7, 11) is 0. The number of halogens is 1. The van der Waals surface area contributed by atoms with Crippen LogP contribution in [0.15, 0.2) is 10.2 Å². The number of nitrogens with zero attached hydrogens (tertiary/aromatic N) is 5. The molecule has 7 nitrogen and oxygen atoms in total. The fourth-order valence-corrected chi connectivity index (χ4v) is 2.64. The van der Waals surface area contributed by atoms with Crippen LogP contribution in [0.25, 0.3) is 5.65 Å². The van der Waals surface area contributed by atoms with Crippen molar-refractivity contribution in [3.63, 3.8) is 0 Å². The zero-order chi connectivity index (χ0) is 15.4. The molecular weight excluding hydrogens is 294 g/mol. The monoisotopic (exact) mass is 307 g/mol. The minimum Gasteiger partial charge on any atom is -0.461 e. The smallest absolute Gasteiger partial charge is 0.358 e. The van der Waals surface area contributed by atoms with Crippen LogP contribution in [-0.4, -0.2) is 27.2 Å². The van der Waals surface area contributed by atoms with E-state index in [1.165, 1.54) is 4.52 Å². The highest BCUT2D eigenvalue weighted by atomic mass is 35.5. The molecule has 0 bridgehead atoms. The van der Waals surface area contributed by atoms with Gasteiger partial charge in [0.25, 0.3) is 0 Å². The van der Waals surface area contributed by atoms with Gasteiger partial charge in [-0.1, -0.05) is 11.6 Å². The standard InChI is InChI=1S/C13H14ClN5O2/c1-5-21-12(20)9-6(2)15-11-7-8(10(14)17-19(9)11)16-18-13(7,3)4/h5H2,1-4H3. The summed E-state index contributed by atoms with van der Waals surface area (Å²) < 4.78 is 6.48. The average Bonchev–Trinajstić information content (AvgIpc) is 2.87. The Morgan fingerprint density at radius 2 is 2.14 bits per heavy atom. The number of hydrogen-bond acceptors (Lipinski definition) is 6. The van der Waals surface area contributed by atoms with Crippen molar-refractivity contribution in [1.29, 1.82) is 0 Å². The Morgan fingerprint density at radius 1 is 1.43 bits per heavy atom. The number of fused-ring (bicyclic) bond motifs is 3. The molecule has 110 valence electrons. The molecular formula is C13H14ClN5O2.